The summed E-state index contributed by atoms with van der Waals surface area (Å²) in [6.45, 7) is 3.32. The van der Waals surface area contributed by atoms with Gasteiger partial charge in [-0.3, -0.25) is 14.7 Å². The number of carbonyl (C=O) groups excluding carboxylic acids is 1. The molecule has 2 aliphatic carbocycles. The van der Waals surface area contributed by atoms with Crippen molar-refractivity contribution in [3.8, 4) is 22.5 Å². The van der Waals surface area contributed by atoms with Crippen molar-refractivity contribution in [3.63, 3.8) is 0 Å². The number of benzene rings is 1. The van der Waals surface area contributed by atoms with Crippen LogP contribution in [-0.2, 0) is 6.42 Å². The van der Waals surface area contributed by atoms with Crippen LogP contribution >= 0.6 is 0 Å². The molecule has 1 aliphatic heterocycles. The second kappa shape index (κ2) is 9.97. The van der Waals surface area contributed by atoms with Crippen LogP contribution in [0.25, 0.3) is 22.5 Å². The van der Waals surface area contributed by atoms with Gasteiger partial charge < -0.3 is 9.32 Å². The average molecular weight is 485 g/mol. The summed E-state index contributed by atoms with van der Waals surface area (Å²) in [6, 6.07) is 12.2. The summed E-state index contributed by atoms with van der Waals surface area (Å²) in [4.78, 5) is 33.4. The van der Waals surface area contributed by atoms with Crippen molar-refractivity contribution in [2.24, 2.45) is 5.18 Å². The summed E-state index contributed by atoms with van der Waals surface area (Å²) in [5, 5.41) is 3.28. The van der Waals surface area contributed by atoms with Crippen LogP contribution in [0.4, 0.5) is 0 Å². The van der Waals surface area contributed by atoms with E-state index in [1.54, 1.807) is 12.4 Å². The molecule has 3 aliphatic rings. The Morgan fingerprint density at radius 1 is 0.917 bits per heavy atom. The number of amides is 1. The highest BCUT2D eigenvalue weighted by Crippen LogP contribution is 2.40. The minimum absolute atomic E-state index is 0.0498. The lowest BCUT2D eigenvalue weighted by Gasteiger charge is -2.40. The molecule has 2 fully saturated rings. The molecule has 0 spiro atoms. The minimum Gasteiger partial charge on any atom is -0.450 e. The third-order valence-electron chi connectivity index (χ3n) is 8.21. The molecule has 1 aromatic carbocycles. The van der Waals surface area contributed by atoms with Gasteiger partial charge in [-0.25, -0.2) is 0 Å². The van der Waals surface area contributed by atoms with Gasteiger partial charge in [0, 0.05) is 55.7 Å². The fourth-order valence-electron chi connectivity index (χ4n) is 6.19. The molecule has 1 saturated heterocycles. The smallest absolute Gasteiger partial charge is 0.289 e. The van der Waals surface area contributed by atoms with Crippen LogP contribution in [0.2, 0.25) is 0 Å². The highest BCUT2D eigenvalue weighted by molar-refractivity contribution is 5.95. The Labute approximate surface area is 211 Å². The molecule has 1 unspecified atom stereocenters. The van der Waals surface area contributed by atoms with E-state index < -0.39 is 0 Å². The third kappa shape index (κ3) is 4.37. The van der Waals surface area contributed by atoms with Gasteiger partial charge in [0.2, 0.25) is 0 Å². The summed E-state index contributed by atoms with van der Waals surface area (Å²) >= 11 is 0. The second-order valence-electron chi connectivity index (χ2n) is 10.3. The third-order valence-corrected chi connectivity index (χ3v) is 8.21. The highest BCUT2D eigenvalue weighted by atomic mass is 16.4. The minimum atomic E-state index is -0.262. The van der Waals surface area contributed by atoms with Crippen LogP contribution in [0.5, 0.6) is 0 Å². The predicted molar refractivity (Wildman–Crippen MR) is 139 cm³/mol. The van der Waals surface area contributed by atoms with Crippen molar-refractivity contribution in [2.75, 3.05) is 26.2 Å². The van der Waals surface area contributed by atoms with Crippen molar-refractivity contribution in [1.82, 2.24) is 14.8 Å². The topological polar surface area (TPSA) is 79.0 Å². The zero-order chi connectivity index (χ0) is 24.5. The van der Waals surface area contributed by atoms with Crippen LogP contribution in [0.3, 0.4) is 0 Å². The van der Waals surface area contributed by atoms with E-state index in [2.05, 4.69) is 21.1 Å². The lowest BCUT2D eigenvalue weighted by Crippen LogP contribution is -2.52. The van der Waals surface area contributed by atoms with Crippen molar-refractivity contribution in [3.05, 3.63) is 70.6 Å². The standard InChI is InChI=1S/C29H32N4O3/c34-29(33-16-14-32(15-17-33)23-4-2-1-3-5-23)27-19-25(28(36-27)20-10-12-30-13-11-20)22-6-8-24-21(18-22)7-9-26(24)31-35/h6,8,10-13,18-19,23,26H,1-5,7,9,14-17H2. The van der Waals surface area contributed by atoms with Crippen LogP contribution in [0.15, 0.2) is 58.4 Å². The number of carbonyl (C=O) groups is 1. The molecule has 186 valence electrons. The molecule has 36 heavy (non-hydrogen) atoms. The van der Waals surface area contributed by atoms with E-state index in [1.807, 2.05) is 35.2 Å². The van der Waals surface area contributed by atoms with Gasteiger partial charge in [-0.1, -0.05) is 42.6 Å². The molecule has 7 nitrogen and oxygen atoms in total. The van der Waals surface area contributed by atoms with Gasteiger partial charge in [-0.2, -0.15) is 4.91 Å². The average Bonchev–Trinajstić information content (AvgIpc) is 3.58. The summed E-state index contributed by atoms with van der Waals surface area (Å²) in [7, 11) is 0. The van der Waals surface area contributed by atoms with Gasteiger partial charge in [0.1, 0.15) is 11.8 Å². The zero-order valence-corrected chi connectivity index (χ0v) is 20.6. The molecular weight excluding hydrogens is 452 g/mol. The molecule has 3 aromatic rings. The van der Waals surface area contributed by atoms with Gasteiger partial charge in [0.25, 0.3) is 5.91 Å². The Bertz CT molecular complexity index is 1240. The Hall–Kier alpha value is -3.32. The normalized spacial score (nSPS) is 20.9. The monoisotopic (exact) mass is 484 g/mol. The number of pyridine rings is 1. The number of rotatable bonds is 5. The first-order valence-corrected chi connectivity index (χ1v) is 13.2. The summed E-state index contributed by atoms with van der Waals surface area (Å²) in [5.74, 6) is 0.992. The van der Waals surface area contributed by atoms with Crippen molar-refractivity contribution >= 4 is 5.91 Å². The number of nitrogens with zero attached hydrogens (tertiary/aromatic N) is 4. The predicted octanol–water partition coefficient (Wildman–Crippen LogP) is 5.85. The maximum Gasteiger partial charge on any atom is 0.289 e. The molecule has 1 saturated carbocycles. The van der Waals surface area contributed by atoms with E-state index in [9.17, 15) is 9.70 Å². The van der Waals surface area contributed by atoms with E-state index in [0.717, 1.165) is 66.8 Å². The van der Waals surface area contributed by atoms with E-state index in [0.29, 0.717) is 17.6 Å². The molecule has 0 N–H and O–H groups in total. The molecule has 6 rings (SSSR count). The van der Waals surface area contributed by atoms with E-state index in [-0.39, 0.29) is 11.9 Å². The first kappa shape index (κ1) is 23.1. The number of aryl methyl sites for hydroxylation is 1. The van der Waals surface area contributed by atoms with Gasteiger partial charge in [0.15, 0.2) is 5.76 Å². The Morgan fingerprint density at radius 2 is 1.69 bits per heavy atom. The highest BCUT2D eigenvalue weighted by Gasteiger charge is 2.30. The van der Waals surface area contributed by atoms with E-state index in [1.165, 1.54) is 32.1 Å². The zero-order valence-electron chi connectivity index (χ0n) is 20.6. The summed E-state index contributed by atoms with van der Waals surface area (Å²) < 4.78 is 6.27. The first-order chi connectivity index (χ1) is 17.7. The van der Waals surface area contributed by atoms with Gasteiger partial charge in [-0.15, -0.1) is 0 Å². The van der Waals surface area contributed by atoms with Crippen LogP contribution < -0.4 is 0 Å². The largest absolute Gasteiger partial charge is 0.450 e. The molecule has 0 radical (unpaired) electrons. The Morgan fingerprint density at radius 3 is 2.44 bits per heavy atom. The van der Waals surface area contributed by atoms with Crippen molar-refractivity contribution in [2.45, 2.75) is 57.0 Å². The molecule has 7 heteroatoms. The summed E-state index contributed by atoms with van der Waals surface area (Å²) in [6.07, 6.45) is 11.6. The van der Waals surface area contributed by atoms with Crippen molar-refractivity contribution < 1.29 is 9.21 Å². The lowest BCUT2D eigenvalue weighted by molar-refractivity contribution is 0.0498. The molecule has 0 bridgehead atoms. The van der Waals surface area contributed by atoms with Crippen LogP contribution in [0.1, 0.15) is 66.2 Å². The van der Waals surface area contributed by atoms with E-state index in [4.69, 9.17) is 4.42 Å². The number of piperazine rings is 1. The lowest BCUT2D eigenvalue weighted by atomic mass is 9.94. The number of furan rings is 1. The molecular formula is C29H32N4O3. The second-order valence-corrected chi connectivity index (χ2v) is 10.3. The number of hydrogen-bond donors (Lipinski definition) is 0. The van der Waals surface area contributed by atoms with Gasteiger partial charge in [0.05, 0.1) is 0 Å². The quantitative estimate of drug-likeness (QED) is 0.424. The molecule has 1 atom stereocenters. The van der Waals surface area contributed by atoms with Crippen LogP contribution in [-0.4, -0.2) is 52.9 Å². The van der Waals surface area contributed by atoms with Gasteiger partial charge in [-0.05, 0) is 60.6 Å². The fourth-order valence-corrected chi connectivity index (χ4v) is 6.19. The molecule has 3 heterocycles. The maximum absolute atomic E-state index is 13.5. The summed E-state index contributed by atoms with van der Waals surface area (Å²) in [5.41, 5.74) is 4.90. The number of fused-ring (bicyclic) bond motifs is 1. The fraction of sp³-hybridized carbons (Fsp3) is 0.448. The number of hydrogen-bond acceptors (Lipinski definition) is 6. The van der Waals surface area contributed by atoms with Gasteiger partial charge >= 0.3 is 0 Å². The number of nitroso groups, excluding NO2 is 1. The Balaban J connectivity index is 1.27. The Kier molecular flexibility index (Phi) is 6.40. The maximum atomic E-state index is 13.5. The molecule has 2 aromatic heterocycles. The first-order valence-electron chi connectivity index (χ1n) is 13.2. The number of aromatic nitrogens is 1. The SMILES string of the molecule is O=NC1CCc2cc(-c3cc(C(=O)N4CCN(C5CCCCC5)CC4)oc3-c3ccncc3)ccc21. The van der Waals surface area contributed by atoms with Crippen LogP contribution in [0, 0.1) is 4.91 Å². The molecule has 1 amide bonds. The van der Waals surface area contributed by atoms with E-state index >= 15 is 0 Å². The van der Waals surface area contributed by atoms with Crippen molar-refractivity contribution in [1.29, 1.82) is 0 Å².